The lowest BCUT2D eigenvalue weighted by atomic mass is 10.2. The van der Waals surface area contributed by atoms with Crippen molar-refractivity contribution in [3.63, 3.8) is 0 Å². The van der Waals surface area contributed by atoms with Gasteiger partial charge in [0.05, 0.1) is 6.54 Å². The zero-order valence-corrected chi connectivity index (χ0v) is 10.5. The van der Waals surface area contributed by atoms with Crippen LogP contribution in [-0.4, -0.2) is 30.4 Å². The molecule has 0 heterocycles. The molecule has 0 aromatic heterocycles. The van der Waals surface area contributed by atoms with Gasteiger partial charge in [-0.25, -0.2) is 4.39 Å². The highest BCUT2D eigenvalue weighted by Crippen LogP contribution is 2.02. The Kier molecular flexibility index (Phi) is 5.10. The summed E-state index contributed by atoms with van der Waals surface area (Å²) in [6, 6.07) is 6.55. The first-order valence-corrected chi connectivity index (χ1v) is 5.71. The molecule has 4 heteroatoms. The summed E-state index contributed by atoms with van der Waals surface area (Å²) in [5, 5.41) is 3.01. The molecule has 0 saturated carbocycles. The third kappa shape index (κ3) is 4.53. The summed E-state index contributed by atoms with van der Waals surface area (Å²) < 4.78 is 12.9. The molecule has 17 heavy (non-hydrogen) atoms. The number of hydrogen-bond donors (Lipinski definition) is 1. The van der Waals surface area contributed by atoms with E-state index in [1.54, 1.807) is 18.0 Å². The molecule has 0 aliphatic carbocycles. The Labute approximate surface area is 102 Å². The molecule has 0 unspecified atom stereocenters. The largest absolute Gasteiger partial charge is 0.342 e. The lowest BCUT2D eigenvalue weighted by molar-refractivity contribution is -0.130. The number of carbonyl (C=O) groups excluding carboxylic acids is 1. The number of likely N-dealkylation sites (N-methyl/N-ethyl adjacent to an activating group) is 1. The molecule has 0 aliphatic rings. The number of amides is 1. The fraction of sp³-hybridized carbons (Fsp3) is 0.462. The Bertz CT molecular complexity index is 379. The molecule has 0 spiro atoms. The molecule has 1 N–H and O–H groups in total. The zero-order valence-electron chi connectivity index (χ0n) is 10.5. The Morgan fingerprint density at radius 1 is 1.47 bits per heavy atom. The van der Waals surface area contributed by atoms with Gasteiger partial charge in [-0.05, 0) is 31.5 Å². The van der Waals surface area contributed by atoms with Gasteiger partial charge in [0.2, 0.25) is 5.91 Å². The van der Waals surface area contributed by atoms with Gasteiger partial charge in [-0.15, -0.1) is 0 Å². The van der Waals surface area contributed by atoms with Crippen molar-refractivity contribution in [1.29, 1.82) is 0 Å². The molecule has 3 nitrogen and oxygen atoms in total. The van der Waals surface area contributed by atoms with Crippen LogP contribution in [0.3, 0.4) is 0 Å². The number of benzene rings is 1. The summed E-state index contributed by atoms with van der Waals surface area (Å²) in [6.45, 7) is 4.69. The molecule has 94 valence electrons. The van der Waals surface area contributed by atoms with Gasteiger partial charge in [0.15, 0.2) is 0 Å². The third-order valence-electron chi connectivity index (χ3n) is 2.66. The number of nitrogens with zero attached hydrogens (tertiary/aromatic N) is 1. The van der Waals surface area contributed by atoms with Crippen LogP contribution in [0.15, 0.2) is 24.3 Å². The molecule has 0 saturated heterocycles. The van der Waals surface area contributed by atoms with Gasteiger partial charge in [-0.2, -0.15) is 0 Å². The van der Waals surface area contributed by atoms with E-state index in [4.69, 9.17) is 0 Å². The maximum atomic E-state index is 12.9. The predicted molar refractivity (Wildman–Crippen MR) is 66.0 cm³/mol. The lowest BCUT2D eigenvalue weighted by Gasteiger charge is -2.21. The first kappa shape index (κ1) is 13.6. The van der Waals surface area contributed by atoms with Gasteiger partial charge in [-0.3, -0.25) is 4.79 Å². The number of carbonyl (C=O) groups is 1. The van der Waals surface area contributed by atoms with Gasteiger partial charge in [-0.1, -0.05) is 12.1 Å². The molecule has 0 bridgehead atoms. The van der Waals surface area contributed by atoms with Crippen molar-refractivity contribution < 1.29 is 9.18 Å². The van der Waals surface area contributed by atoms with Gasteiger partial charge >= 0.3 is 0 Å². The van der Waals surface area contributed by atoms with Crippen molar-refractivity contribution in [3.05, 3.63) is 35.6 Å². The van der Waals surface area contributed by atoms with Crippen molar-refractivity contribution in [1.82, 2.24) is 10.2 Å². The van der Waals surface area contributed by atoms with Crippen molar-refractivity contribution in [2.75, 3.05) is 13.6 Å². The van der Waals surface area contributed by atoms with E-state index < -0.39 is 0 Å². The van der Waals surface area contributed by atoms with E-state index in [2.05, 4.69) is 5.32 Å². The molecule has 0 radical (unpaired) electrons. The Balaban J connectivity index is 2.35. The minimum Gasteiger partial charge on any atom is -0.342 e. The van der Waals surface area contributed by atoms with Crippen LogP contribution in [0.1, 0.15) is 19.4 Å². The molecule has 1 amide bonds. The number of nitrogens with one attached hydrogen (secondary N) is 1. The van der Waals surface area contributed by atoms with Gasteiger partial charge < -0.3 is 10.2 Å². The van der Waals surface area contributed by atoms with E-state index in [9.17, 15) is 9.18 Å². The molecular formula is C13H19FN2O. The monoisotopic (exact) mass is 238 g/mol. The topological polar surface area (TPSA) is 32.3 Å². The highest BCUT2D eigenvalue weighted by molar-refractivity contribution is 5.78. The fourth-order valence-electron chi connectivity index (χ4n) is 1.37. The normalized spacial score (nSPS) is 10.6. The number of rotatable bonds is 5. The van der Waals surface area contributed by atoms with Crippen molar-refractivity contribution in [2.45, 2.75) is 26.4 Å². The van der Waals surface area contributed by atoms with E-state index in [0.29, 0.717) is 6.54 Å². The maximum Gasteiger partial charge on any atom is 0.236 e. The van der Waals surface area contributed by atoms with Crippen LogP contribution in [0.2, 0.25) is 0 Å². The highest BCUT2D eigenvalue weighted by atomic mass is 19.1. The second-order valence-corrected chi connectivity index (χ2v) is 4.33. The highest BCUT2D eigenvalue weighted by Gasteiger charge is 2.10. The molecule has 0 aliphatic heterocycles. The van der Waals surface area contributed by atoms with Crippen molar-refractivity contribution in [3.8, 4) is 0 Å². The van der Waals surface area contributed by atoms with Crippen LogP contribution in [0, 0.1) is 5.82 Å². The summed E-state index contributed by atoms with van der Waals surface area (Å²) in [5.74, 6) is -0.216. The SMILES string of the molecule is CC(C)N(C)C(=O)CNCc1cccc(F)c1. The Hall–Kier alpha value is -1.42. The van der Waals surface area contributed by atoms with Gasteiger partial charge in [0.1, 0.15) is 5.82 Å². The zero-order chi connectivity index (χ0) is 12.8. The summed E-state index contributed by atoms with van der Waals surface area (Å²) in [5.41, 5.74) is 0.838. The number of hydrogen-bond acceptors (Lipinski definition) is 2. The molecule has 1 aromatic rings. The van der Waals surface area contributed by atoms with E-state index in [-0.39, 0.29) is 24.3 Å². The Morgan fingerprint density at radius 3 is 2.76 bits per heavy atom. The first-order chi connectivity index (χ1) is 8.00. The Morgan fingerprint density at radius 2 is 2.18 bits per heavy atom. The molecule has 0 atom stereocenters. The van der Waals surface area contributed by atoms with Crippen LogP contribution >= 0.6 is 0 Å². The smallest absolute Gasteiger partial charge is 0.236 e. The van der Waals surface area contributed by atoms with Crippen LogP contribution < -0.4 is 5.32 Å². The minimum atomic E-state index is -0.255. The lowest BCUT2D eigenvalue weighted by Crippen LogP contribution is -2.39. The minimum absolute atomic E-state index is 0.0383. The quantitative estimate of drug-likeness (QED) is 0.848. The van der Waals surface area contributed by atoms with Crippen molar-refractivity contribution >= 4 is 5.91 Å². The predicted octanol–water partition coefficient (Wildman–Crippen LogP) is 1.78. The van der Waals surface area contributed by atoms with Crippen molar-refractivity contribution in [2.24, 2.45) is 0 Å². The molecule has 1 rings (SSSR count). The van der Waals surface area contributed by atoms with E-state index in [1.807, 2.05) is 19.9 Å². The number of halogens is 1. The summed E-state index contributed by atoms with van der Waals surface area (Å²) in [4.78, 5) is 13.3. The maximum absolute atomic E-state index is 12.9. The van der Waals surface area contributed by atoms with Crippen LogP contribution in [0.4, 0.5) is 4.39 Å². The van der Waals surface area contributed by atoms with Crippen LogP contribution in [0.25, 0.3) is 0 Å². The van der Waals surface area contributed by atoms with Crippen LogP contribution in [0.5, 0.6) is 0 Å². The molecular weight excluding hydrogens is 219 g/mol. The fourth-order valence-corrected chi connectivity index (χ4v) is 1.37. The summed E-state index contributed by atoms with van der Waals surface area (Å²) in [6.07, 6.45) is 0. The standard InChI is InChI=1S/C13H19FN2O/c1-10(2)16(3)13(17)9-15-8-11-5-4-6-12(14)7-11/h4-7,10,15H,8-9H2,1-3H3. The van der Waals surface area contributed by atoms with Crippen LogP contribution in [-0.2, 0) is 11.3 Å². The van der Waals surface area contributed by atoms with E-state index in [1.165, 1.54) is 12.1 Å². The average Bonchev–Trinajstić information content (AvgIpc) is 2.27. The third-order valence-corrected chi connectivity index (χ3v) is 2.66. The first-order valence-electron chi connectivity index (χ1n) is 5.71. The second-order valence-electron chi connectivity index (χ2n) is 4.33. The van der Waals surface area contributed by atoms with E-state index in [0.717, 1.165) is 5.56 Å². The van der Waals surface area contributed by atoms with Gasteiger partial charge in [0, 0.05) is 19.6 Å². The molecule has 1 aromatic carbocycles. The van der Waals surface area contributed by atoms with E-state index >= 15 is 0 Å². The summed E-state index contributed by atoms with van der Waals surface area (Å²) in [7, 11) is 1.77. The average molecular weight is 238 g/mol. The molecule has 0 fully saturated rings. The second kappa shape index (κ2) is 6.35. The van der Waals surface area contributed by atoms with Gasteiger partial charge in [0.25, 0.3) is 0 Å². The summed E-state index contributed by atoms with van der Waals surface area (Å²) >= 11 is 0.